The highest BCUT2D eigenvalue weighted by Gasteiger charge is 2.13. The average Bonchev–Trinajstić information content (AvgIpc) is 2.26. The number of hydrogen-bond acceptors (Lipinski definition) is 3. The van der Waals surface area contributed by atoms with Crippen LogP contribution >= 0.6 is 11.6 Å². The van der Waals surface area contributed by atoms with Crippen LogP contribution < -0.4 is 4.31 Å². The van der Waals surface area contributed by atoms with E-state index >= 15 is 0 Å². The van der Waals surface area contributed by atoms with Gasteiger partial charge in [0.05, 0.1) is 23.4 Å². The highest BCUT2D eigenvalue weighted by atomic mass is 35.5. The first-order chi connectivity index (χ1) is 7.47. The van der Waals surface area contributed by atoms with Crippen LogP contribution in [0.4, 0.5) is 5.69 Å². The Bertz CT molecular complexity index is 438. The van der Waals surface area contributed by atoms with E-state index in [1.807, 2.05) is 0 Å². The zero-order valence-electron chi connectivity index (χ0n) is 8.64. The molecule has 88 valence electrons. The first-order valence-electron chi connectivity index (χ1n) is 4.20. The monoisotopic (exact) mass is 263 g/mol. The summed E-state index contributed by atoms with van der Waals surface area (Å²) in [5, 5.41) is 0.168. The fourth-order valence-electron chi connectivity index (χ4n) is 1.07. The predicted molar refractivity (Wildman–Crippen MR) is 62.0 cm³/mol. The third-order valence-electron chi connectivity index (χ3n) is 1.96. The van der Waals surface area contributed by atoms with Gasteiger partial charge in [0.15, 0.2) is 0 Å². The van der Waals surface area contributed by atoms with Crippen molar-refractivity contribution in [2.45, 2.75) is 0 Å². The maximum atomic E-state index is 11.2. The van der Waals surface area contributed by atoms with Crippen molar-refractivity contribution in [3.63, 3.8) is 0 Å². The highest BCUT2D eigenvalue weighted by Crippen LogP contribution is 2.24. The van der Waals surface area contributed by atoms with Gasteiger partial charge in [-0.2, -0.15) is 0 Å². The first kappa shape index (κ1) is 13.0. The maximum absolute atomic E-state index is 11.2. The van der Waals surface area contributed by atoms with Gasteiger partial charge in [-0.25, -0.2) is 9.00 Å². The molecule has 0 saturated heterocycles. The molecule has 1 rings (SSSR count). The van der Waals surface area contributed by atoms with E-state index < -0.39 is 17.2 Å². The zero-order valence-corrected chi connectivity index (χ0v) is 10.2. The molecule has 1 aromatic rings. The van der Waals surface area contributed by atoms with Gasteiger partial charge in [-0.15, -0.1) is 0 Å². The predicted octanol–water partition coefficient (Wildman–Crippen LogP) is 1.70. The van der Waals surface area contributed by atoms with Gasteiger partial charge in [-0.3, -0.25) is 8.86 Å². The molecular weight excluding hydrogens is 254 g/mol. The van der Waals surface area contributed by atoms with Crippen molar-refractivity contribution < 1.29 is 18.3 Å². The Morgan fingerprint density at radius 3 is 2.62 bits per heavy atom. The molecule has 1 N–H and O–H groups in total. The molecule has 1 unspecified atom stereocenters. The minimum absolute atomic E-state index is 0.168. The molecule has 1 aromatic carbocycles. The van der Waals surface area contributed by atoms with E-state index in [1.54, 1.807) is 0 Å². The molecule has 5 nitrogen and oxygen atoms in total. The number of benzene rings is 1. The topological polar surface area (TPSA) is 66.8 Å². The number of carbonyl (C=O) groups excluding carboxylic acids is 1. The fraction of sp³-hybridized carbons (Fsp3) is 0.222. The van der Waals surface area contributed by atoms with E-state index in [2.05, 4.69) is 4.74 Å². The lowest BCUT2D eigenvalue weighted by molar-refractivity contribution is 0.0601. The Hall–Kier alpha value is -1.11. The summed E-state index contributed by atoms with van der Waals surface area (Å²) >= 11 is 3.71. The van der Waals surface area contributed by atoms with Crippen molar-refractivity contribution >= 4 is 34.5 Å². The summed E-state index contributed by atoms with van der Waals surface area (Å²) < 4.78 is 25.3. The number of rotatable bonds is 3. The summed E-state index contributed by atoms with van der Waals surface area (Å²) in [6, 6.07) is 4.36. The SMILES string of the molecule is COC(=O)c1ccc(N(C)S(=O)O)cc1Cl. The lowest BCUT2D eigenvalue weighted by atomic mass is 10.2. The normalized spacial score (nSPS) is 12.0. The third kappa shape index (κ3) is 2.72. The van der Waals surface area contributed by atoms with Gasteiger partial charge in [-0.1, -0.05) is 11.6 Å². The largest absolute Gasteiger partial charge is 0.465 e. The highest BCUT2D eigenvalue weighted by molar-refractivity contribution is 7.80. The zero-order chi connectivity index (χ0) is 12.3. The van der Waals surface area contributed by atoms with Crippen LogP contribution in [0.2, 0.25) is 5.02 Å². The number of methoxy groups -OCH3 is 1. The Morgan fingerprint density at radius 1 is 1.56 bits per heavy atom. The molecular formula is C9H10ClNO4S. The summed E-state index contributed by atoms with van der Waals surface area (Å²) in [6.45, 7) is 0. The number of carbonyl (C=O) groups is 1. The Kier molecular flexibility index (Phi) is 4.28. The van der Waals surface area contributed by atoms with Gasteiger partial charge in [-0.05, 0) is 18.2 Å². The van der Waals surface area contributed by atoms with Crippen LogP contribution in [0.15, 0.2) is 18.2 Å². The summed E-state index contributed by atoms with van der Waals surface area (Å²) in [7, 11) is 2.68. The Labute approximate surface area is 100 Å². The minimum atomic E-state index is -2.13. The number of esters is 1. The van der Waals surface area contributed by atoms with E-state index in [4.69, 9.17) is 16.2 Å². The second-order valence-corrected chi connectivity index (χ2v) is 4.30. The molecule has 0 aromatic heterocycles. The van der Waals surface area contributed by atoms with Gasteiger partial charge in [0.25, 0.3) is 11.3 Å². The molecule has 0 aliphatic rings. The third-order valence-corrected chi connectivity index (χ3v) is 2.95. The standard InChI is InChI=1S/C9H10ClNO4S/c1-11(16(13)14)6-3-4-7(8(10)5-6)9(12)15-2/h3-5H,1-2H3,(H,13,14). The van der Waals surface area contributed by atoms with Crippen molar-refractivity contribution in [2.24, 2.45) is 0 Å². The lowest BCUT2D eigenvalue weighted by Crippen LogP contribution is -2.19. The van der Waals surface area contributed by atoms with Crippen molar-refractivity contribution in [1.82, 2.24) is 0 Å². The van der Waals surface area contributed by atoms with Crippen LogP contribution in [-0.2, 0) is 16.0 Å². The van der Waals surface area contributed by atoms with Crippen LogP contribution in [0.3, 0.4) is 0 Å². The Balaban J connectivity index is 3.08. The number of hydrogen-bond donors (Lipinski definition) is 1. The molecule has 0 amide bonds. The maximum Gasteiger partial charge on any atom is 0.339 e. The van der Waals surface area contributed by atoms with Crippen molar-refractivity contribution in [3.05, 3.63) is 28.8 Å². The molecule has 7 heteroatoms. The summed E-state index contributed by atoms with van der Waals surface area (Å²) in [5.41, 5.74) is 0.642. The molecule has 0 radical (unpaired) electrons. The van der Waals surface area contributed by atoms with Gasteiger partial charge >= 0.3 is 5.97 Å². The van der Waals surface area contributed by atoms with Crippen molar-refractivity contribution in [2.75, 3.05) is 18.5 Å². The van der Waals surface area contributed by atoms with Crippen LogP contribution in [0.1, 0.15) is 10.4 Å². The summed E-state index contributed by atoms with van der Waals surface area (Å²) in [6.07, 6.45) is 0. The molecule has 0 bridgehead atoms. The fourth-order valence-corrected chi connectivity index (χ4v) is 1.61. The summed E-state index contributed by atoms with van der Waals surface area (Å²) in [5.74, 6) is -0.552. The van der Waals surface area contributed by atoms with Gasteiger partial charge in [0.1, 0.15) is 0 Å². The minimum Gasteiger partial charge on any atom is -0.465 e. The van der Waals surface area contributed by atoms with E-state index in [9.17, 15) is 9.00 Å². The number of nitrogens with zero attached hydrogens (tertiary/aromatic N) is 1. The molecule has 1 atom stereocenters. The van der Waals surface area contributed by atoms with E-state index in [0.29, 0.717) is 5.69 Å². The molecule has 16 heavy (non-hydrogen) atoms. The van der Waals surface area contributed by atoms with Crippen LogP contribution in [0.25, 0.3) is 0 Å². The van der Waals surface area contributed by atoms with Crippen LogP contribution in [-0.4, -0.2) is 28.9 Å². The lowest BCUT2D eigenvalue weighted by Gasteiger charge is -2.14. The van der Waals surface area contributed by atoms with Crippen LogP contribution in [0, 0.1) is 0 Å². The molecule has 0 aliphatic carbocycles. The second-order valence-electron chi connectivity index (χ2n) is 2.88. The number of anilines is 1. The molecule has 0 heterocycles. The first-order valence-corrected chi connectivity index (χ1v) is 5.64. The van der Waals surface area contributed by atoms with Gasteiger partial charge in [0.2, 0.25) is 0 Å². The number of ether oxygens (including phenoxy) is 1. The van der Waals surface area contributed by atoms with Crippen molar-refractivity contribution in [3.8, 4) is 0 Å². The number of halogens is 1. The molecule has 0 aliphatic heterocycles. The second kappa shape index (κ2) is 5.29. The van der Waals surface area contributed by atoms with Crippen molar-refractivity contribution in [1.29, 1.82) is 0 Å². The van der Waals surface area contributed by atoms with E-state index in [-0.39, 0.29) is 10.6 Å². The smallest absolute Gasteiger partial charge is 0.339 e. The van der Waals surface area contributed by atoms with Gasteiger partial charge in [0, 0.05) is 7.05 Å². The molecule has 0 spiro atoms. The van der Waals surface area contributed by atoms with E-state index in [0.717, 1.165) is 4.31 Å². The summed E-state index contributed by atoms with van der Waals surface area (Å²) in [4.78, 5) is 11.2. The molecule has 0 fully saturated rings. The van der Waals surface area contributed by atoms with E-state index in [1.165, 1.54) is 32.4 Å². The van der Waals surface area contributed by atoms with Crippen LogP contribution in [0.5, 0.6) is 0 Å². The average molecular weight is 264 g/mol. The quantitative estimate of drug-likeness (QED) is 0.666. The Morgan fingerprint density at radius 2 is 2.19 bits per heavy atom. The molecule has 0 saturated carbocycles. The van der Waals surface area contributed by atoms with Gasteiger partial charge < -0.3 is 4.74 Å².